The number of anilines is 1. The Bertz CT molecular complexity index is 1000. The van der Waals surface area contributed by atoms with Crippen LogP contribution in [0.4, 0.5) is 5.82 Å². The van der Waals surface area contributed by atoms with E-state index < -0.39 is 0 Å². The Kier molecular flexibility index (Phi) is 6.44. The van der Waals surface area contributed by atoms with Crippen molar-refractivity contribution in [1.82, 2.24) is 9.88 Å². The van der Waals surface area contributed by atoms with Crippen LogP contribution in [0.3, 0.4) is 0 Å². The van der Waals surface area contributed by atoms with Gasteiger partial charge in [-0.25, -0.2) is 4.98 Å². The molecule has 1 amide bonds. The monoisotopic (exact) mass is 417 g/mol. The van der Waals surface area contributed by atoms with E-state index in [1.165, 1.54) is 11.8 Å². The Morgan fingerprint density at radius 1 is 0.833 bits per heavy atom. The number of amides is 1. The van der Waals surface area contributed by atoms with Gasteiger partial charge in [0.2, 0.25) is 0 Å². The van der Waals surface area contributed by atoms with Gasteiger partial charge in [0.05, 0.1) is 5.75 Å². The number of Topliss-reactive ketones (excluding diaryl/α,β-unsaturated/α-hetero) is 1. The standard InChI is InChI=1S/C24H23N3O2S/c28-22(19-7-2-1-3-8-19)18-30-21-10-6-9-20(17-21)24(29)27-15-13-26(14-16-27)23-11-4-5-12-25-23/h1-12,17H,13-16,18H2. The molecule has 0 bridgehead atoms. The molecule has 2 aromatic carbocycles. The lowest BCUT2D eigenvalue weighted by Crippen LogP contribution is -2.49. The normalized spacial score (nSPS) is 13.9. The summed E-state index contributed by atoms with van der Waals surface area (Å²) in [4.78, 5) is 34.7. The van der Waals surface area contributed by atoms with Crippen molar-refractivity contribution in [3.8, 4) is 0 Å². The minimum Gasteiger partial charge on any atom is -0.353 e. The molecule has 4 rings (SSSR count). The Morgan fingerprint density at radius 3 is 2.30 bits per heavy atom. The number of carbonyl (C=O) groups is 2. The number of thioether (sulfide) groups is 1. The third kappa shape index (κ3) is 4.89. The second-order valence-electron chi connectivity index (χ2n) is 7.07. The van der Waals surface area contributed by atoms with Crippen molar-refractivity contribution in [2.75, 3.05) is 36.8 Å². The molecular weight excluding hydrogens is 394 g/mol. The molecule has 152 valence electrons. The molecule has 1 fully saturated rings. The number of pyridine rings is 1. The van der Waals surface area contributed by atoms with Gasteiger partial charge in [-0.3, -0.25) is 9.59 Å². The van der Waals surface area contributed by atoms with Gasteiger partial charge in [0.25, 0.3) is 5.91 Å². The molecule has 1 aromatic heterocycles. The average molecular weight is 418 g/mol. The summed E-state index contributed by atoms with van der Waals surface area (Å²) in [6.45, 7) is 2.87. The Balaban J connectivity index is 1.34. The number of ketones is 1. The molecule has 0 N–H and O–H groups in total. The lowest BCUT2D eigenvalue weighted by Gasteiger charge is -2.35. The van der Waals surface area contributed by atoms with Gasteiger partial charge in [-0.2, -0.15) is 0 Å². The molecule has 3 aromatic rings. The maximum absolute atomic E-state index is 13.0. The zero-order valence-corrected chi connectivity index (χ0v) is 17.4. The number of rotatable bonds is 6. The van der Waals surface area contributed by atoms with Crippen molar-refractivity contribution >= 4 is 29.3 Å². The van der Waals surface area contributed by atoms with E-state index in [4.69, 9.17) is 0 Å². The maximum Gasteiger partial charge on any atom is 0.254 e. The fourth-order valence-corrected chi connectivity index (χ4v) is 4.29. The van der Waals surface area contributed by atoms with Gasteiger partial charge in [-0.1, -0.05) is 42.5 Å². The predicted molar refractivity (Wildman–Crippen MR) is 120 cm³/mol. The summed E-state index contributed by atoms with van der Waals surface area (Å²) in [5.74, 6) is 1.42. The third-order valence-electron chi connectivity index (χ3n) is 5.09. The van der Waals surface area contributed by atoms with Crippen LogP contribution in [0.1, 0.15) is 20.7 Å². The van der Waals surface area contributed by atoms with Crippen LogP contribution in [0.5, 0.6) is 0 Å². The summed E-state index contributed by atoms with van der Waals surface area (Å²) in [5, 5.41) is 0. The predicted octanol–water partition coefficient (Wildman–Crippen LogP) is 4.02. The first-order valence-corrected chi connectivity index (χ1v) is 11.0. The van der Waals surface area contributed by atoms with E-state index in [1.807, 2.05) is 77.7 Å². The molecule has 2 heterocycles. The number of hydrogen-bond donors (Lipinski definition) is 0. The van der Waals surface area contributed by atoms with Crippen LogP contribution in [0, 0.1) is 0 Å². The van der Waals surface area contributed by atoms with Crippen LogP contribution >= 0.6 is 11.8 Å². The third-order valence-corrected chi connectivity index (χ3v) is 6.08. The first-order chi connectivity index (χ1) is 14.7. The van der Waals surface area contributed by atoms with E-state index in [-0.39, 0.29) is 11.7 Å². The minimum atomic E-state index is 0.0347. The van der Waals surface area contributed by atoms with Crippen molar-refractivity contribution in [1.29, 1.82) is 0 Å². The number of aromatic nitrogens is 1. The summed E-state index contributed by atoms with van der Waals surface area (Å²) in [7, 11) is 0. The smallest absolute Gasteiger partial charge is 0.254 e. The molecule has 0 saturated carbocycles. The van der Waals surface area contributed by atoms with Crippen LogP contribution in [-0.2, 0) is 0 Å². The van der Waals surface area contributed by atoms with Crippen LogP contribution < -0.4 is 4.90 Å². The van der Waals surface area contributed by atoms with E-state index >= 15 is 0 Å². The summed E-state index contributed by atoms with van der Waals surface area (Å²) >= 11 is 1.46. The van der Waals surface area contributed by atoms with E-state index in [0.29, 0.717) is 30.0 Å². The van der Waals surface area contributed by atoms with Gasteiger partial charge < -0.3 is 9.80 Å². The minimum absolute atomic E-state index is 0.0347. The highest BCUT2D eigenvalue weighted by Gasteiger charge is 2.23. The highest BCUT2D eigenvalue weighted by molar-refractivity contribution is 8.00. The molecule has 30 heavy (non-hydrogen) atoms. The van der Waals surface area contributed by atoms with Gasteiger partial charge >= 0.3 is 0 Å². The van der Waals surface area contributed by atoms with Crippen LogP contribution in [0.25, 0.3) is 0 Å². The highest BCUT2D eigenvalue weighted by atomic mass is 32.2. The molecule has 5 nitrogen and oxygen atoms in total. The molecule has 0 spiro atoms. The van der Waals surface area contributed by atoms with Crippen LogP contribution in [0.2, 0.25) is 0 Å². The summed E-state index contributed by atoms with van der Waals surface area (Å²) in [5.41, 5.74) is 1.38. The van der Waals surface area contributed by atoms with E-state index in [1.54, 1.807) is 6.20 Å². The maximum atomic E-state index is 13.0. The van der Waals surface area contributed by atoms with Gasteiger partial charge in [-0.05, 0) is 30.3 Å². The Labute approximate surface area is 180 Å². The van der Waals surface area contributed by atoms with E-state index in [0.717, 1.165) is 23.8 Å². The molecule has 0 atom stereocenters. The lowest BCUT2D eigenvalue weighted by molar-refractivity contribution is 0.0746. The quantitative estimate of drug-likeness (QED) is 0.448. The summed E-state index contributed by atoms with van der Waals surface area (Å²) < 4.78 is 0. The average Bonchev–Trinajstić information content (AvgIpc) is 2.83. The summed E-state index contributed by atoms with van der Waals surface area (Å²) in [6.07, 6.45) is 1.79. The van der Waals surface area contributed by atoms with Gasteiger partial charge in [0, 0.05) is 48.4 Å². The largest absolute Gasteiger partial charge is 0.353 e. The molecule has 6 heteroatoms. The van der Waals surface area contributed by atoms with Crippen molar-refractivity contribution in [3.63, 3.8) is 0 Å². The highest BCUT2D eigenvalue weighted by Crippen LogP contribution is 2.22. The molecule has 1 aliphatic heterocycles. The Hall–Kier alpha value is -3.12. The number of piperazine rings is 1. The van der Waals surface area contributed by atoms with E-state index in [2.05, 4.69) is 9.88 Å². The Morgan fingerprint density at radius 2 is 1.57 bits per heavy atom. The van der Waals surface area contributed by atoms with Crippen molar-refractivity contribution in [2.24, 2.45) is 0 Å². The van der Waals surface area contributed by atoms with Crippen molar-refractivity contribution < 1.29 is 9.59 Å². The number of carbonyl (C=O) groups excluding carboxylic acids is 2. The van der Waals surface area contributed by atoms with E-state index in [9.17, 15) is 9.59 Å². The van der Waals surface area contributed by atoms with Crippen molar-refractivity contribution in [3.05, 3.63) is 90.1 Å². The molecule has 1 saturated heterocycles. The fraction of sp³-hybridized carbons (Fsp3) is 0.208. The zero-order valence-electron chi connectivity index (χ0n) is 16.6. The SMILES string of the molecule is O=C(CSc1cccc(C(=O)N2CCN(c3ccccn3)CC2)c1)c1ccccc1. The topological polar surface area (TPSA) is 53.5 Å². The molecule has 0 aliphatic carbocycles. The lowest BCUT2D eigenvalue weighted by atomic mass is 10.1. The first-order valence-electron chi connectivity index (χ1n) is 9.97. The molecule has 1 aliphatic rings. The number of nitrogens with zero attached hydrogens (tertiary/aromatic N) is 3. The van der Waals surface area contributed by atoms with Gasteiger partial charge in [0.1, 0.15) is 5.82 Å². The number of benzene rings is 2. The van der Waals surface area contributed by atoms with Crippen LogP contribution in [-0.4, -0.2) is 53.5 Å². The fourth-order valence-electron chi connectivity index (χ4n) is 3.44. The molecule has 0 radical (unpaired) electrons. The molecule has 0 unspecified atom stereocenters. The van der Waals surface area contributed by atoms with Gasteiger partial charge in [-0.15, -0.1) is 11.8 Å². The van der Waals surface area contributed by atoms with Crippen molar-refractivity contribution in [2.45, 2.75) is 4.90 Å². The second kappa shape index (κ2) is 9.59. The summed E-state index contributed by atoms with van der Waals surface area (Å²) in [6, 6.07) is 22.7. The first kappa shape index (κ1) is 20.2. The second-order valence-corrected chi connectivity index (χ2v) is 8.12. The number of hydrogen-bond acceptors (Lipinski definition) is 5. The molecular formula is C24H23N3O2S. The van der Waals surface area contributed by atoms with Gasteiger partial charge in [0.15, 0.2) is 5.78 Å². The van der Waals surface area contributed by atoms with Crippen LogP contribution in [0.15, 0.2) is 83.9 Å². The zero-order chi connectivity index (χ0) is 20.8.